The van der Waals surface area contributed by atoms with Gasteiger partial charge in [0.1, 0.15) is 5.76 Å². The molecule has 0 fully saturated rings. The summed E-state index contributed by atoms with van der Waals surface area (Å²) < 4.78 is 30.3. The van der Waals surface area contributed by atoms with Gasteiger partial charge in [0.2, 0.25) is 11.0 Å². The van der Waals surface area contributed by atoms with Gasteiger partial charge in [-0.1, -0.05) is 0 Å². The number of likely N-dealkylation sites (N-methyl/N-ethyl adjacent to an activating group) is 1. The third kappa shape index (κ3) is 4.05. The minimum Gasteiger partial charge on any atom is -0.447 e. The molecule has 0 spiro atoms. The molecule has 1 aromatic heterocycles. The number of furan rings is 1. The van der Waals surface area contributed by atoms with Crippen molar-refractivity contribution in [2.45, 2.75) is 24.6 Å². The average molecular weight is 289 g/mol. The fourth-order valence-corrected chi connectivity index (χ4v) is 2.09. The highest BCUT2D eigenvalue weighted by atomic mass is 32.2. The molecule has 19 heavy (non-hydrogen) atoms. The molecule has 0 aromatic carbocycles. The lowest BCUT2D eigenvalue weighted by atomic mass is 10.3. The van der Waals surface area contributed by atoms with Gasteiger partial charge in [-0.2, -0.15) is 0 Å². The summed E-state index contributed by atoms with van der Waals surface area (Å²) in [5.41, 5.74) is 0. The average Bonchev–Trinajstić information content (AvgIpc) is 2.84. The monoisotopic (exact) mass is 289 g/mol. The summed E-state index contributed by atoms with van der Waals surface area (Å²) in [5.74, 6) is 0.391. The van der Waals surface area contributed by atoms with Crippen LogP contribution in [-0.4, -0.2) is 46.4 Å². The lowest BCUT2D eigenvalue weighted by Crippen LogP contribution is -2.41. The number of hydrogen-bond acceptors (Lipinski definition) is 5. The van der Waals surface area contributed by atoms with Crippen LogP contribution in [0.15, 0.2) is 21.6 Å². The molecule has 7 nitrogen and oxygen atoms in total. The van der Waals surface area contributed by atoms with Crippen molar-refractivity contribution in [1.82, 2.24) is 14.9 Å². The molecule has 0 saturated carbocycles. The van der Waals surface area contributed by atoms with Crippen molar-refractivity contribution in [1.29, 1.82) is 0 Å². The fraction of sp³-hybridized carbons (Fsp3) is 0.545. The number of amides is 1. The maximum Gasteiger partial charge on any atom is 0.273 e. The molecule has 1 rings (SSSR count). The second kappa shape index (κ2) is 6.18. The molecular formula is C11H19N3O4S. The van der Waals surface area contributed by atoms with Gasteiger partial charge in [-0.3, -0.25) is 10.1 Å². The Balaban J connectivity index is 2.63. The van der Waals surface area contributed by atoms with E-state index in [2.05, 4.69) is 10.0 Å². The van der Waals surface area contributed by atoms with E-state index in [1.807, 2.05) is 0 Å². The van der Waals surface area contributed by atoms with Crippen molar-refractivity contribution in [3.63, 3.8) is 0 Å². The normalized spacial score (nSPS) is 13.3. The molecule has 108 valence electrons. The van der Waals surface area contributed by atoms with Gasteiger partial charge in [-0.15, -0.1) is 0 Å². The van der Waals surface area contributed by atoms with E-state index >= 15 is 0 Å². The molecule has 8 heteroatoms. The Labute approximate surface area is 113 Å². The lowest BCUT2D eigenvalue weighted by molar-refractivity contribution is -0.130. The number of carbonyl (C=O) groups is 1. The first-order valence-corrected chi connectivity index (χ1v) is 7.23. The molecule has 0 radical (unpaired) electrons. The molecule has 0 aliphatic rings. The van der Waals surface area contributed by atoms with Crippen LogP contribution in [0.4, 0.5) is 0 Å². The molecule has 2 N–H and O–H groups in total. The van der Waals surface area contributed by atoms with Gasteiger partial charge in [0.05, 0.1) is 12.6 Å². The van der Waals surface area contributed by atoms with Gasteiger partial charge in [-0.05, 0) is 26.1 Å². The molecule has 1 amide bonds. The van der Waals surface area contributed by atoms with Crippen LogP contribution in [0.25, 0.3) is 0 Å². The quantitative estimate of drug-likeness (QED) is 0.754. The highest BCUT2D eigenvalue weighted by molar-refractivity contribution is 7.89. The van der Waals surface area contributed by atoms with Crippen molar-refractivity contribution in [2.24, 2.45) is 0 Å². The summed E-state index contributed by atoms with van der Waals surface area (Å²) in [6, 6.07) is 2.57. The van der Waals surface area contributed by atoms with E-state index in [0.29, 0.717) is 5.76 Å². The molecule has 1 aromatic rings. The van der Waals surface area contributed by atoms with Crippen molar-refractivity contribution >= 4 is 15.9 Å². The zero-order chi connectivity index (χ0) is 14.6. The first-order chi connectivity index (χ1) is 8.77. The van der Waals surface area contributed by atoms with E-state index in [4.69, 9.17) is 4.42 Å². The van der Waals surface area contributed by atoms with Crippen LogP contribution < -0.4 is 10.0 Å². The molecule has 1 heterocycles. The topological polar surface area (TPSA) is 91.7 Å². The Morgan fingerprint density at radius 2 is 2.05 bits per heavy atom. The summed E-state index contributed by atoms with van der Waals surface area (Å²) >= 11 is 0. The number of sulfonamides is 1. The fourth-order valence-electron chi connectivity index (χ4n) is 1.43. The van der Waals surface area contributed by atoms with Crippen LogP contribution >= 0.6 is 0 Å². The lowest BCUT2D eigenvalue weighted by Gasteiger charge is -2.17. The predicted molar refractivity (Wildman–Crippen MR) is 69.9 cm³/mol. The number of rotatable bonds is 6. The summed E-state index contributed by atoms with van der Waals surface area (Å²) in [4.78, 5) is 13.1. The molecule has 1 atom stereocenters. The SMILES string of the molecule is CNS(=O)(=O)c1ccc(CNC(C)C(=O)N(C)C)o1. The highest BCUT2D eigenvalue weighted by Gasteiger charge is 2.18. The van der Waals surface area contributed by atoms with Gasteiger partial charge in [0.25, 0.3) is 10.0 Å². The summed E-state index contributed by atoms with van der Waals surface area (Å²) in [6.45, 7) is 2.01. The molecule has 0 aliphatic heterocycles. The third-order valence-electron chi connectivity index (χ3n) is 2.56. The Morgan fingerprint density at radius 3 is 2.58 bits per heavy atom. The smallest absolute Gasteiger partial charge is 0.273 e. The Morgan fingerprint density at radius 1 is 1.42 bits per heavy atom. The minimum absolute atomic E-state index is 0.0605. The Bertz CT molecular complexity index is 536. The zero-order valence-electron chi connectivity index (χ0n) is 11.4. The van der Waals surface area contributed by atoms with Gasteiger partial charge < -0.3 is 9.32 Å². The van der Waals surface area contributed by atoms with Crippen LogP contribution in [0.2, 0.25) is 0 Å². The molecular weight excluding hydrogens is 270 g/mol. The second-order valence-electron chi connectivity index (χ2n) is 4.26. The third-order valence-corrected chi connectivity index (χ3v) is 3.85. The Hall–Kier alpha value is -1.38. The minimum atomic E-state index is -3.57. The van der Waals surface area contributed by atoms with Crippen molar-refractivity contribution < 1.29 is 17.6 Å². The van der Waals surface area contributed by atoms with Gasteiger partial charge in [0, 0.05) is 14.1 Å². The van der Waals surface area contributed by atoms with E-state index in [0.717, 1.165) is 0 Å². The maximum atomic E-state index is 11.6. The van der Waals surface area contributed by atoms with Crippen LogP contribution in [0.1, 0.15) is 12.7 Å². The van der Waals surface area contributed by atoms with Gasteiger partial charge in [0.15, 0.2) is 0 Å². The molecule has 0 bridgehead atoms. The highest BCUT2D eigenvalue weighted by Crippen LogP contribution is 2.13. The summed E-state index contributed by atoms with van der Waals surface area (Å²) in [5, 5.41) is 2.82. The van der Waals surface area contributed by atoms with Crippen LogP contribution in [0.5, 0.6) is 0 Å². The predicted octanol–water partition coefficient (Wildman–Crippen LogP) is -0.246. The number of carbonyl (C=O) groups excluding carboxylic acids is 1. The second-order valence-corrected chi connectivity index (χ2v) is 6.08. The first-order valence-electron chi connectivity index (χ1n) is 5.74. The van der Waals surface area contributed by atoms with Crippen molar-refractivity contribution in [2.75, 3.05) is 21.1 Å². The van der Waals surface area contributed by atoms with Gasteiger partial charge >= 0.3 is 0 Å². The number of nitrogens with one attached hydrogen (secondary N) is 2. The largest absolute Gasteiger partial charge is 0.447 e. The van der Waals surface area contributed by atoms with Crippen molar-refractivity contribution in [3.05, 3.63) is 17.9 Å². The van der Waals surface area contributed by atoms with Crippen LogP contribution in [0, 0.1) is 0 Å². The van der Waals surface area contributed by atoms with Crippen LogP contribution in [-0.2, 0) is 21.4 Å². The van der Waals surface area contributed by atoms with E-state index in [9.17, 15) is 13.2 Å². The standard InChI is InChI=1S/C11H19N3O4S/c1-8(11(15)14(3)4)13-7-9-5-6-10(18-9)19(16,17)12-2/h5-6,8,12-13H,7H2,1-4H3. The van der Waals surface area contributed by atoms with E-state index in [-0.39, 0.29) is 23.6 Å². The number of nitrogens with zero attached hydrogens (tertiary/aromatic N) is 1. The van der Waals surface area contributed by atoms with E-state index in [1.54, 1.807) is 27.1 Å². The molecule has 0 saturated heterocycles. The van der Waals surface area contributed by atoms with E-state index in [1.165, 1.54) is 18.0 Å². The summed E-state index contributed by atoms with van der Waals surface area (Å²) in [6.07, 6.45) is 0. The number of hydrogen-bond donors (Lipinski definition) is 2. The van der Waals surface area contributed by atoms with Crippen LogP contribution in [0.3, 0.4) is 0 Å². The maximum absolute atomic E-state index is 11.6. The van der Waals surface area contributed by atoms with Gasteiger partial charge in [-0.25, -0.2) is 13.1 Å². The zero-order valence-corrected chi connectivity index (χ0v) is 12.2. The first kappa shape index (κ1) is 15.7. The summed E-state index contributed by atoms with van der Waals surface area (Å²) in [7, 11) is 1.09. The molecule has 0 aliphatic carbocycles. The van der Waals surface area contributed by atoms with E-state index < -0.39 is 10.0 Å². The Kier molecular flexibility index (Phi) is 5.10. The van der Waals surface area contributed by atoms with Crippen molar-refractivity contribution in [3.8, 4) is 0 Å². The molecule has 1 unspecified atom stereocenters.